The van der Waals surface area contributed by atoms with Gasteiger partial charge in [0.2, 0.25) is 0 Å². The van der Waals surface area contributed by atoms with Crippen molar-refractivity contribution in [3.05, 3.63) is 35.7 Å². The second-order valence-corrected chi connectivity index (χ2v) is 5.78. The maximum Gasteiger partial charge on any atom is 0.158 e. The summed E-state index contributed by atoms with van der Waals surface area (Å²) in [5, 5.41) is 11.7. The highest BCUT2D eigenvalue weighted by Crippen LogP contribution is 2.25. The molecule has 1 aliphatic heterocycles. The first-order valence-corrected chi connectivity index (χ1v) is 7.60. The standard InChI is InChI=1S/C16H19N5O/c1-10-11(2)18-15-8-13(14-4-3-7-22-14)20-21(15)16(10)19-12-5-6-17-9-12/h3-4,7-8,12,17,19H,5-6,9H2,1-2H3. The molecular weight excluding hydrogens is 278 g/mol. The lowest BCUT2D eigenvalue weighted by atomic mass is 10.2. The maximum atomic E-state index is 5.45. The van der Waals surface area contributed by atoms with Gasteiger partial charge >= 0.3 is 0 Å². The molecular formula is C16H19N5O. The van der Waals surface area contributed by atoms with E-state index in [0.717, 1.165) is 53.7 Å². The number of nitrogens with zero attached hydrogens (tertiary/aromatic N) is 3. The molecule has 0 aliphatic carbocycles. The van der Waals surface area contributed by atoms with Crippen LogP contribution in [0.2, 0.25) is 0 Å². The summed E-state index contributed by atoms with van der Waals surface area (Å²) in [7, 11) is 0. The van der Waals surface area contributed by atoms with Crippen molar-refractivity contribution >= 4 is 11.5 Å². The van der Waals surface area contributed by atoms with E-state index in [1.165, 1.54) is 0 Å². The topological polar surface area (TPSA) is 67.4 Å². The van der Waals surface area contributed by atoms with Crippen LogP contribution in [0.25, 0.3) is 17.1 Å². The van der Waals surface area contributed by atoms with Gasteiger partial charge in [-0.2, -0.15) is 9.61 Å². The Balaban J connectivity index is 1.83. The van der Waals surface area contributed by atoms with E-state index in [1.807, 2.05) is 29.6 Å². The highest BCUT2D eigenvalue weighted by Gasteiger charge is 2.19. The summed E-state index contributed by atoms with van der Waals surface area (Å²) in [5.41, 5.74) is 3.79. The van der Waals surface area contributed by atoms with E-state index in [2.05, 4.69) is 27.6 Å². The van der Waals surface area contributed by atoms with Crippen molar-refractivity contribution in [2.45, 2.75) is 26.3 Å². The van der Waals surface area contributed by atoms with Gasteiger partial charge in [0.1, 0.15) is 11.5 Å². The molecule has 0 bridgehead atoms. The van der Waals surface area contributed by atoms with Crippen molar-refractivity contribution in [2.24, 2.45) is 0 Å². The Morgan fingerprint density at radius 2 is 2.32 bits per heavy atom. The summed E-state index contributed by atoms with van der Waals surface area (Å²) in [5.74, 6) is 1.78. The molecule has 0 saturated carbocycles. The van der Waals surface area contributed by atoms with Crippen LogP contribution < -0.4 is 10.6 Å². The Hall–Kier alpha value is -2.34. The minimum Gasteiger partial charge on any atom is -0.463 e. The Morgan fingerprint density at radius 3 is 3.05 bits per heavy atom. The SMILES string of the molecule is Cc1nc2cc(-c3ccco3)nn2c(NC2CCNC2)c1C. The Labute approximate surface area is 128 Å². The molecule has 6 nitrogen and oxygen atoms in total. The van der Waals surface area contributed by atoms with Crippen LogP contribution in [-0.2, 0) is 0 Å². The zero-order valence-electron chi connectivity index (χ0n) is 12.8. The smallest absolute Gasteiger partial charge is 0.158 e. The molecule has 1 unspecified atom stereocenters. The van der Waals surface area contributed by atoms with Gasteiger partial charge in [0.25, 0.3) is 0 Å². The third-order valence-electron chi connectivity index (χ3n) is 4.26. The lowest BCUT2D eigenvalue weighted by Crippen LogP contribution is -2.24. The van der Waals surface area contributed by atoms with E-state index < -0.39 is 0 Å². The van der Waals surface area contributed by atoms with E-state index in [-0.39, 0.29) is 0 Å². The summed E-state index contributed by atoms with van der Waals surface area (Å²) in [6.45, 7) is 6.16. The third-order valence-corrected chi connectivity index (χ3v) is 4.26. The minimum atomic E-state index is 0.431. The van der Waals surface area contributed by atoms with Crippen molar-refractivity contribution in [1.29, 1.82) is 0 Å². The zero-order chi connectivity index (χ0) is 15.1. The molecule has 0 amide bonds. The molecule has 2 N–H and O–H groups in total. The normalized spacial score (nSPS) is 18.2. The maximum absolute atomic E-state index is 5.45. The van der Waals surface area contributed by atoms with Crippen molar-refractivity contribution in [3.8, 4) is 11.5 Å². The molecule has 0 aromatic carbocycles. The van der Waals surface area contributed by atoms with E-state index in [0.29, 0.717) is 6.04 Å². The van der Waals surface area contributed by atoms with Crippen molar-refractivity contribution in [3.63, 3.8) is 0 Å². The van der Waals surface area contributed by atoms with Crippen molar-refractivity contribution in [1.82, 2.24) is 19.9 Å². The van der Waals surface area contributed by atoms with Crippen LogP contribution in [0.15, 0.2) is 28.9 Å². The number of furan rings is 1. The van der Waals surface area contributed by atoms with Crippen LogP contribution in [0, 0.1) is 13.8 Å². The summed E-state index contributed by atoms with van der Waals surface area (Å²) < 4.78 is 7.34. The average Bonchev–Trinajstić information content (AvgIpc) is 3.23. The Kier molecular flexibility index (Phi) is 3.11. The van der Waals surface area contributed by atoms with E-state index >= 15 is 0 Å². The highest BCUT2D eigenvalue weighted by atomic mass is 16.3. The number of fused-ring (bicyclic) bond motifs is 1. The molecule has 3 aromatic rings. The highest BCUT2D eigenvalue weighted by molar-refractivity contribution is 5.63. The van der Waals surface area contributed by atoms with Gasteiger partial charge in [-0.25, -0.2) is 4.98 Å². The molecule has 1 saturated heterocycles. The zero-order valence-corrected chi connectivity index (χ0v) is 12.8. The summed E-state index contributed by atoms with van der Waals surface area (Å²) in [6, 6.07) is 6.17. The predicted octanol–water partition coefficient (Wildman–Crippen LogP) is 2.38. The van der Waals surface area contributed by atoms with Gasteiger partial charge in [0.05, 0.1) is 6.26 Å². The number of aromatic nitrogens is 3. The minimum absolute atomic E-state index is 0.431. The van der Waals surface area contributed by atoms with Gasteiger partial charge in [-0.3, -0.25) is 0 Å². The fourth-order valence-electron chi connectivity index (χ4n) is 2.89. The van der Waals surface area contributed by atoms with Crippen LogP contribution in [0.5, 0.6) is 0 Å². The fraction of sp³-hybridized carbons (Fsp3) is 0.375. The second-order valence-electron chi connectivity index (χ2n) is 5.78. The molecule has 1 aliphatic rings. The molecule has 0 radical (unpaired) electrons. The van der Waals surface area contributed by atoms with E-state index in [9.17, 15) is 0 Å². The number of rotatable bonds is 3. The molecule has 114 valence electrons. The van der Waals surface area contributed by atoms with Crippen molar-refractivity contribution in [2.75, 3.05) is 18.4 Å². The van der Waals surface area contributed by atoms with Gasteiger partial charge < -0.3 is 15.1 Å². The molecule has 3 aromatic heterocycles. The van der Waals surface area contributed by atoms with Gasteiger partial charge in [0, 0.05) is 29.9 Å². The molecule has 22 heavy (non-hydrogen) atoms. The first-order valence-electron chi connectivity index (χ1n) is 7.60. The van der Waals surface area contributed by atoms with Gasteiger partial charge in [-0.05, 0) is 38.9 Å². The summed E-state index contributed by atoms with van der Waals surface area (Å²) in [4.78, 5) is 4.64. The number of nitrogens with one attached hydrogen (secondary N) is 2. The first kappa shape index (κ1) is 13.3. The van der Waals surface area contributed by atoms with Gasteiger partial charge in [-0.15, -0.1) is 0 Å². The molecule has 6 heteroatoms. The molecule has 1 fully saturated rings. The molecule has 4 heterocycles. The molecule has 4 rings (SSSR count). The van der Waals surface area contributed by atoms with Crippen LogP contribution in [0.3, 0.4) is 0 Å². The Bertz CT molecular complexity index is 800. The summed E-state index contributed by atoms with van der Waals surface area (Å²) >= 11 is 0. The monoisotopic (exact) mass is 297 g/mol. The number of aryl methyl sites for hydroxylation is 1. The number of hydrogen-bond donors (Lipinski definition) is 2. The van der Waals surface area contributed by atoms with Crippen LogP contribution in [0.1, 0.15) is 17.7 Å². The second kappa shape index (κ2) is 5.14. The van der Waals surface area contributed by atoms with Crippen molar-refractivity contribution < 1.29 is 4.42 Å². The number of anilines is 1. The largest absolute Gasteiger partial charge is 0.463 e. The number of hydrogen-bond acceptors (Lipinski definition) is 5. The quantitative estimate of drug-likeness (QED) is 0.777. The molecule has 1 atom stereocenters. The lowest BCUT2D eigenvalue weighted by Gasteiger charge is -2.17. The third kappa shape index (κ3) is 2.16. The Morgan fingerprint density at radius 1 is 1.41 bits per heavy atom. The average molecular weight is 297 g/mol. The summed E-state index contributed by atoms with van der Waals surface area (Å²) in [6.07, 6.45) is 2.78. The lowest BCUT2D eigenvalue weighted by molar-refractivity contribution is 0.579. The van der Waals surface area contributed by atoms with Gasteiger partial charge in [0.15, 0.2) is 11.4 Å². The van der Waals surface area contributed by atoms with Crippen LogP contribution in [-0.4, -0.2) is 33.7 Å². The van der Waals surface area contributed by atoms with Crippen LogP contribution >= 0.6 is 0 Å². The fourth-order valence-corrected chi connectivity index (χ4v) is 2.89. The predicted molar refractivity (Wildman–Crippen MR) is 85.1 cm³/mol. The molecule has 0 spiro atoms. The van der Waals surface area contributed by atoms with E-state index in [1.54, 1.807) is 6.26 Å². The van der Waals surface area contributed by atoms with Gasteiger partial charge in [-0.1, -0.05) is 0 Å². The van der Waals surface area contributed by atoms with Crippen LogP contribution in [0.4, 0.5) is 5.82 Å². The van der Waals surface area contributed by atoms with E-state index in [4.69, 9.17) is 4.42 Å². The first-order chi connectivity index (χ1) is 10.7.